The van der Waals surface area contributed by atoms with Crippen LogP contribution in [0.2, 0.25) is 5.02 Å². The Balaban J connectivity index is 1.84. The quantitative estimate of drug-likeness (QED) is 0.501. The molecule has 0 fully saturated rings. The standard InChI is InChI=1S/C22H18ClFO4/c1-26-21-10-8-17(12-15(21)11-14-3-5-16(24)6-4-14)28-18-7-9-19(20(23)13-18)22(25)27-2/h3-10,12-13H,11H2,1-2H3. The fraction of sp³-hybridized carbons (Fsp3) is 0.136. The molecule has 0 saturated heterocycles. The molecule has 0 aliphatic carbocycles. The van der Waals surface area contributed by atoms with Gasteiger partial charge in [0.2, 0.25) is 0 Å². The van der Waals surface area contributed by atoms with Gasteiger partial charge in [0.15, 0.2) is 0 Å². The summed E-state index contributed by atoms with van der Waals surface area (Å²) in [7, 11) is 2.89. The van der Waals surface area contributed by atoms with Crippen molar-refractivity contribution in [1.82, 2.24) is 0 Å². The smallest absolute Gasteiger partial charge is 0.339 e. The summed E-state index contributed by atoms with van der Waals surface area (Å²) in [6.45, 7) is 0. The highest BCUT2D eigenvalue weighted by Crippen LogP contribution is 2.31. The Labute approximate surface area is 167 Å². The molecule has 0 bridgehead atoms. The molecule has 0 unspecified atom stereocenters. The van der Waals surface area contributed by atoms with Gasteiger partial charge in [-0.2, -0.15) is 0 Å². The zero-order valence-electron chi connectivity index (χ0n) is 15.4. The lowest BCUT2D eigenvalue weighted by Crippen LogP contribution is -2.02. The van der Waals surface area contributed by atoms with E-state index in [2.05, 4.69) is 4.74 Å². The molecule has 0 saturated carbocycles. The van der Waals surface area contributed by atoms with Gasteiger partial charge in [-0.1, -0.05) is 23.7 Å². The summed E-state index contributed by atoms with van der Waals surface area (Å²) >= 11 is 6.14. The number of methoxy groups -OCH3 is 2. The van der Waals surface area contributed by atoms with Gasteiger partial charge in [0.25, 0.3) is 0 Å². The maximum atomic E-state index is 13.1. The van der Waals surface area contributed by atoms with E-state index in [9.17, 15) is 9.18 Å². The van der Waals surface area contributed by atoms with Crippen LogP contribution in [0.5, 0.6) is 17.2 Å². The molecule has 0 heterocycles. The molecule has 6 heteroatoms. The van der Waals surface area contributed by atoms with E-state index in [1.54, 1.807) is 49.6 Å². The van der Waals surface area contributed by atoms with Gasteiger partial charge in [-0.05, 0) is 48.0 Å². The fourth-order valence-corrected chi connectivity index (χ4v) is 3.00. The van der Waals surface area contributed by atoms with Crippen molar-refractivity contribution >= 4 is 17.6 Å². The van der Waals surface area contributed by atoms with Crippen LogP contribution in [0.3, 0.4) is 0 Å². The van der Waals surface area contributed by atoms with Crippen molar-refractivity contribution in [2.75, 3.05) is 14.2 Å². The Morgan fingerprint density at radius 3 is 2.29 bits per heavy atom. The zero-order chi connectivity index (χ0) is 20.1. The van der Waals surface area contributed by atoms with Crippen LogP contribution < -0.4 is 9.47 Å². The molecular weight excluding hydrogens is 383 g/mol. The molecule has 3 rings (SSSR count). The summed E-state index contributed by atoms with van der Waals surface area (Å²) in [6.07, 6.45) is 0.558. The van der Waals surface area contributed by atoms with E-state index in [1.807, 2.05) is 6.07 Å². The number of ether oxygens (including phenoxy) is 3. The maximum absolute atomic E-state index is 13.1. The number of hydrogen-bond donors (Lipinski definition) is 0. The van der Waals surface area contributed by atoms with Crippen molar-refractivity contribution < 1.29 is 23.4 Å². The maximum Gasteiger partial charge on any atom is 0.339 e. The third kappa shape index (κ3) is 4.61. The minimum Gasteiger partial charge on any atom is -0.496 e. The zero-order valence-corrected chi connectivity index (χ0v) is 16.1. The molecule has 0 aromatic heterocycles. The first-order chi connectivity index (χ1) is 13.5. The van der Waals surface area contributed by atoms with Crippen molar-refractivity contribution in [3.63, 3.8) is 0 Å². The van der Waals surface area contributed by atoms with Gasteiger partial charge in [0.1, 0.15) is 23.1 Å². The minimum atomic E-state index is -0.511. The molecule has 0 radical (unpaired) electrons. The third-order valence-corrected chi connectivity index (χ3v) is 4.45. The molecule has 28 heavy (non-hydrogen) atoms. The predicted octanol–water partition coefficient (Wildman–Crippen LogP) is 5.66. The molecule has 3 aromatic rings. The first-order valence-electron chi connectivity index (χ1n) is 8.47. The van der Waals surface area contributed by atoms with E-state index >= 15 is 0 Å². The number of benzene rings is 3. The van der Waals surface area contributed by atoms with Crippen molar-refractivity contribution in [2.24, 2.45) is 0 Å². The van der Waals surface area contributed by atoms with Gasteiger partial charge < -0.3 is 14.2 Å². The number of rotatable bonds is 6. The lowest BCUT2D eigenvalue weighted by atomic mass is 10.0. The molecule has 144 valence electrons. The van der Waals surface area contributed by atoms with Crippen molar-refractivity contribution in [2.45, 2.75) is 6.42 Å². The van der Waals surface area contributed by atoms with Crippen LogP contribution in [0.4, 0.5) is 4.39 Å². The Hall–Kier alpha value is -3.05. The normalized spacial score (nSPS) is 10.4. The minimum absolute atomic E-state index is 0.240. The molecule has 4 nitrogen and oxygen atoms in total. The molecule has 0 spiro atoms. The third-order valence-electron chi connectivity index (χ3n) is 4.14. The van der Waals surface area contributed by atoms with Crippen LogP contribution in [0, 0.1) is 5.82 Å². The molecule has 0 aliphatic heterocycles. The van der Waals surface area contributed by atoms with E-state index in [0.29, 0.717) is 23.7 Å². The van der Waals surface area contributed by atoms with Crippen LogP contribution in [0.1, 0.15) is 21.5 Å². The number of carbonyl (C=O) groups excluding carboxylic acids is 1. The lowest BCUT2D eigenvalue weighted by Gasteiger charge is -2.13. The van der Waals surface area contributed by atoms with Crippen molar-refractivity contribution in [3.8, 4) is 17.2 Å². The highest BCUT2D eigenvalue weighted by atomic mass is 35.5. The summed E-state index contributed by atoms with van der Waals surface area (Å²) in [5.41, 5.74) is 2.11. The second-order valence-electron chi connectivity index (χ2n) is 6.01. The molecule has 0 N–H and O–H groups in total. The van der Waals surface area contributed by atoms with E-state index in [4.69, 9.17) is 21.1 Å². The predicted molar refractivity (Wildman–Crippen MR) is 105 cm³/mol. The average Bonchev–Trinajstić information content (AvgIpc) is 2.69. The van der Waals surface area contributed by atoms with Crippen LogP contribution >= 0.6 is 11.6 Å². The lowest BCUT2D eigenvalue weighted by molar-refractivity contribution is 0.0601. The largest absolute Gasteiger partial charge is 0.496 e. The first-order valence-corrected chi connectivity index (χ1v) is 8.85. The molecule has 0 aliphatic rings. The number of halogens is 2. The van der Waals surface area contributed by atoms with Crippen LogP contribution in [-0.2, 0) is 11.2 Å². The summed E-state index contributed by atoms with van der Waals surface area (Å²) in [5.74, 6) is 0.980. The highest BCUT2D eigenvalue weighted by Gasteiger charge is 2.12. The second kappa shape index (κ2) is 8.76. The molecule has 3 aromatic carbocycles. The van der Waals surface area contributed by atoms with Gasteiger partial charge in [0.05, 0.1) is 24.8 Å². The van der Waals surface area contributed by atoms with E-state index in [1.165, 1.54) is 19.2 Å². The Morgan fingerprint density at radius 2 is 1.64 bits per heavy atom. The van der Waals surface area contributed by atoms with Crippen molar-refractivity contribution in [1.29, 1.82) is 0 Å². The topological polar surface area (TPSA) is 44.8 Å². The first kappa shape index (κ1) is 19.7. The second-order valence-corrected chi connectivity index (χ2v) is 6.42. The fourth-order valence-electron chi connectivity index (χ4n) is 2.75. The number of hydrogen-bond acceptors (Lipinski definition) is 4. The Morgan fingerprint density at radius 1 is 0.964 bits per heavy atom. The van der Waals surface area contributed by atoms with Crippen molar-refractivity contribution in [3.05, 3.63) is 88.2 Å². The van der Waals surface area contributed by atoms with E-state index in [0.717, 1.165) is 11.1 Å². The Bertz CT molecular complexity index is 986. The molecule has 0 atom stereocenters. The summed E-state index contributed by atoms with van der Waals surface area (Å²) < 4.78 is 29.1. The number of carbonyl (C=O) groups is 1. The van der Waals surface area contributed by atoms with Crippen LogP contribution in [0.25, 0.3) is 0 Å². The van der Waals surface area contributed by atoms with Gasteiger partial charge >= 0.3 is 5.97 Å². The van der Waals surface area contributed by atoms with Crippen LogP contribution in [-0.4, -0.2) is 20.2 Å². The summed E-state index contributed by atoms with van der Waals surface area (Å²) in [4.78, 5) is 11.6. The summed E-state index contributed by atoms with van der Waals surface area (Å²) in [6, 6.07) is 16.5. The SMILES string of the molecule is COC(=O)c1ccc(Oc2ccc(OC)c(Cc3ccc(F)cc3)c2)cc1Cl. The highest BCUT2D eigenvalue weighted by molar-refractivity contribution is 6.33. The summed E-state index contributed by atoms with van der Waals surface area (Å²) in [5, 5.41) is 0.240. The number of esters is 1. The Kier molecular flexibility index (Phi) is 6.16. The van der Waals surface area contributed by atoms with Gasteiger partial charge in [-0.3, -0.25) is 0 Å². The van der Waals surface area contributed by atoms with E-state index in [-0.39, 0.29) is 16.4 Å². The monoisotopic (exact) mass is 400 g/mol. The van der Waals surface area contributed by atoms with Gasteiger partial charge in [0, 0.05) is 18.1 Å². The molecule has 0 amide bonds. The molecular formula is C22H18ClFO4. The van der Waals surface area contributed by atoms with E-state index < -0.39 is 5.97 Å². The van der Waals surface area contributed by atoms with Gasteiger partial charge in [-0.25, -0.2) is 9.18 Å². The van der Waals surface area contributed by atoms with Crippen LogP contribution in [0.15, 0.2) is 60.7 Å². The average molecular weight is 401 g/mol. The van der Waals surface area contributed by atoms with Gasteiger partial charge in [-0.15, -0.1) is 0 Å².